The molecule has 5 rings (SSSR count). The minimum atomic E-state index is -2.23. The largest absolute Gasteiger partial charge is 0.497 e. The van der Waals surface area contributed by atoms with Gasteiger partial charge < -0.3 is 33.2 Å². The van der Waals surface area contributed by atoms with Gasteiger partial charge in [-0.1, -0.05) is 126 Å². The Kier molecular flexibility index (Phi) is 13.3. The van der Waals surface area contributed by atoms with Crippen LogP contribution in [-0.4, -0.2) is 60.1 Å². The van der Waals surface area contributed by atoms with Crippen LogP contribution in [0.5, 0.6) is 5.75 Å². The zero-order chi connectivity index (χ0) is 34.6. The molecule has 0 saturated carbocycles. The fourth-order valence-corrected chi connectivity index (χ4v) is 5.26. The van der Waals surface area contributed by atoms with Gasteiger partial charge in [-0.3, -0.25) is 5.41 Å². The molecule has 9 nitrogen and oxygen atoms in total. The van der Waals surface area contributed by atoms with E-state index in [4.69, 9.17) is 73.4 Å². The maximum atomic E-state index is 13.6. The smallest absolute Gasteiger partial charge is 0.338 e. The molecule has 5 atom stereocenters. The quantitative estimate of drug-likeness (QED) is 0.0610. The van der Waals surface area contributed by atoms with E-state index in [1.807, 2.05) is 91.0 Å². The lowest BCUT2D eigenvalue weighted by molar-refractivity contribution is -0.302. The van der Waals surface area contributed by atoms with Crippen molar-refractivity contribution in [1.29, 1.82) is 5.41 Å². The molecule has 4 aromatic rings. The van der Waals surface area contributed by atoms with Crippen LogP contribution in [0.3, 0.4) is 0 Å². The molecule has 0 amide bonds. The van der Waals surface area contributed by atoms with E-state index in [0.29, 0.717) is 5.75 Å². The van der Waals surface area contributed by atoms with Gasteiger partial charge >= 0.3 is 5.97 Å². The molecule has 0 aromatic heterocycles. The van der Waals surface area contributed by atoms with Gasteiger partial charge in [-0.05, 0) is 41.0 Å². The van der Waals surface area contributed by atoms with Crippen molar-refractivity contribution in [3.05, 3.63) is 138 Å². The second-order valence-electron chi connectivity index (χ2n) is 11.1. The second kappa shape index (κ2) is 17.8. The summed E-state index contributed by atoms with van der Waals surface area (Å²) >= 11 is 18.1. The third-order valence-electron chi connectivity index (χ3n) is 7.62. The van der Waals surface area contributed by atoms with E-state index in [2.05, 4.69) is 0 Å². The van der Waals surface area contributed by atoms with Gasteiger partial charge in [0.1, 0.15) is 24.1 Å². The summed E-state index contributed by atoms with van der Waals surface area (Å²) in [4.78, 5) is 13.6. The van der Waals surface area contributed by atoms with Crippen LogP contribution in [0.4, 0.5) is 0 Å². The second-order valence-corrected chi connectivity index (χ2v) is 13.4. The maximum absolute atomic E-state index is 13.6. The topological polar surface area (TPSA) is 106 Å². The molecule has 0 spiro atoms. The zero-order valence-electron chi connectivity index (χ0n) is 26.6. The van der Waals surface area contributed by atoms with Gasteiger partial charge in [-0.25, -0.2) is 4.79 Å². The average Bonchev–Trinajstić information content (AvgIpc) is 3.12. The predicted molar refractivity (Wildman–Crippen MR) is 186 cm³/mol. The van der Waals surface area contributed by atoms with Crippen LogP contribution in [0.1, 0.15) is 27.0 Å². The highest BCUT2D eigenvalue weighted by Crippen LogP contribution is 2.35. The van der Waals surface area contributed by atoms with Crippen LogP contribution in [0, 0.1) is 5.41 Å². The van der Waals surface area contributed by atoms with Crippen LogP contribution in [-0.2, 0) is 48.2 Å². The number of rotatable bonds is 14. The van der Waals surface area contributed by atoms with Crippen LogP contribution < -0.4 is 4.74 Å². The molecular formula is C37H36Cl3NO8. The number of ether oxygens (including phenoxy) is 7. The Labute approximate surface area is 300 Å². The molecule has 4 aromatic carbocycles. The molecule has 0 radical (unpaired) electrons. The van der Waals surface area contributed by atoms with Gasteiger partial charge in [0.25, 0.3) is 3.79 Å². The number of hydrogen-bond acceptors (Lipinski definition) is 9. The standard InChI is InChI=1S/C37H36Cl3NO8/c1-43-29-19-17-28(18-20-29)34(42)48-33-32(46-23-27-15-9-4-10-16-27)31(45-22-26-13-7-3-8-14-26)30(24-44-21-25-11-5-2-6-12-25)47-35(33)49-36(41)37(38,39)40/h2-20,30-33,35,41H,21-24H2,1H3/t30-,31+,32+,33-,35-/m1/s1. The highest BCUT2D eigenvalue weighted by atomic mass is 35.6. The lowest BCUT2D eigenvalue weighted by atomic mass is 9.97. The van der Waals surface area contributed by atoms with Crippen molar-refractivity contribution in [2.75, 3.05) is 13.7 Å². The molecule has 1 aliphatic rings. The number of nitrogens with one attached hydrogen (secondary N) is 1. The summed E-state index contributed by atoms with van der Waals surface area (Å²) < 4.78 is 40.5. The third kappa shape index (κ3) is 10.7. The van der Waals surface area contributed by atoms with Crippen molar-refractivity contribution in [2.24, 2.45) is 0 Å². The minimum absolute atomic E-state index is 0.0274. The van der Waals surface area contributed by atoms with E-state index in [0.717, 1.165) is 16.7 Å². The van der Waals surface area contributed by atoms with Crippen molar-refractivity contribution < 1.29 is 38.0 Å². The molecule has 0 bridgehead atoms. The summed E-state index contributed by atoms with van der Waals surface area (Å²) in [5.41, 5.74) is 2.94. The average molecular weight is 729 g/mol. The number of methoxy groups -OCH3 is 1. The number of benzene rings is 4. The van der Waals surface area contributed by atoms with E-state index >= 15 is 0 Å². The number of esters is 1. The zero-order valence-corrected chi connectivity index (χ0v) is 28.9. The number of alkyl halides is 3. The number of carbonyl (C=O) groups is 1. The van der Waals surface area contributed by atoms with Crippen LogP contribution in [0.2, 0.25) is 0 Å². The molecule has 258 valence electrons. The summed E-state index contributed by atoms with van der Waals surface area (Å²) in [6.07, 6.45) is -5.43. The third-order valence-corrected chi connectivity index (χ3v) is 8.13. The first-order valence-electron chi connectivity index (χ1n) is 15.5. The van der Waals surface area contributed by atoms with Crippen molar-refractivity contribution >= 4 is 46.7 Å². The molecule has 49 heavy (non-hydrogen) atoms. The molecule has 1 heterocycles. The predicted octanol–water partition coefficient (Wildman–Crippen LogP) is 7.70. The number of carbonyl (C=O) groups excluding carboxylic acids is 1. The summed E-state index contributed by atoms with van der Waals surface area (Å²) in [5, 5.41) is 8.36. The Hall–Kier alpha value is -3.67. The fraction of sp³-hybridized carbons (Fsp3) is 0.297. The normalized spacial score (nSPS) is 20.7. The molecule has 0 aliphatic carbocycles. The summed E-state index contributed by atoms with van der Waals surface area (Å²) in [6.45, 7) is 0.621. The van der Waals surface area contributed by atoms with Crippen molar-refractivity contribution in [3.63, 3.8) is 0 Å². The molecule has 1 fully saturated rings. The van der Waals surface area contributed by atoms with Gasteiger partial charge in [0.2, 0.25) is 12.2 Å². The molecule has 1 N–H and O–H groups in total. The van der Waals surface area contributed by atoms with E-state index in [-0.39, 0.29) is 32.0 Å². The summed E-state index contributed by atoms with van der Waals surface area (Å²) in [5.74, 6) is -0.881. The highest BCUT2D eigenvalue weighted by molar-refractivity contribution is 6.76. The lowest BCUT2D eigenvalue weighted by Gasteiger charge is -2.45. The van der Waals surface area contributed by atoms with Gasteiger partial charge in [0.15, 0.2) is 6.10 Å². The van der Waals surface area contributed by atoms with Crippen molar-refractivity contribution in [1.82, 2.24) is 0 Å². The number of hydrogen-bond donors (Lipinski definition) is 1. The Morgan fingerprint density at radius 2 is 1.20 bits per heavy atom. The monoisotopic (exact) mass is 727 g/mol. The lowest BCUT2D eigenvalue weighted by Crippen LogP contribution is -2.62. The minimum Gasteiger partial charge on any atom is -0.497 e. The highest BCUT2D eigenvalue weighted by Gasteiger charge is 2.52. The first-order valence-corrected chi connectivity index (χ1v) is 16.6. The molecule has 0 unspecified atom stereocenters. The Bertz CT molecular complexity index is 1610. The van der Waals surface area contributed by atoms with Crippen molar-refractivity contribution in [3.8, 4) is 5.75 Å². The van der Waals surface area contributed by atoms with Crippen LogP contribution in [0.25, 0.3) is 0 Å². The van der Waals surface area contributed by atoms with E-state index in [1.54, 1.807) is 24.3 Å². The fourth-order valence-electron chi connectivity index (χ4n) is 5.13. The Balaban J connectivity index is 1.50. The van der Waals surface area contributed by atoms with Crippen molar-refractivity contribution in [2.45, 2.75) is 54.3 Å². The van der Waals surface area contributed by atoms with Gasteiger partial charge in [-0.2, -0.15) is 0 Å². The molecule has 12 heteroatoms. The maximum Gasteiger partial charge on any atom is 0.338 e. The van der Waals surface area contributed by atoms with Gasteiger partial charge in [0, 0.05) is 0 Å². The SMILES string of the molecule is COc1ccc(C(=O)O[C@H]2[C@@H](OC(=N)C(Cl)(Cl)Cl)O[C@H](COCc3ccccc3)[C@H](OCc3ccccc3)[C@@H]2OCc2ccccc2)cc1. The van der Waals surface area contributed by atoms with Gasteiger partial charge in [0.05, 0.1) is 39.1 Å². The van der Waals surface area contributed by atoms with Crippen LogP contribution >= 0.6 is 34.8 Å². The molecule has 1 saturated heterocycles. The van der Waals surface area contributed by atoms with Gasteiger partial charge in [-0.15, -0.1) is 0 Å². The summed E-state index contributed by atoms with van der Waals surface area (Å²) in [6, 6.07) is 35.1. The first kappa shape index (κ1) is 36.6. The molecular weight excluding hydrogens is 693 g/mol. The Morgan fingerprint density at radius 1 is 0.694 bits per heavy atom. The van der Waals surface area contributed by atoms with E-state index in [9.17, 15) is 4.79 Å². The first-order chi connectivity index (χ1) is 23.7. The van der Waals surface area contributed by atoms with E-state index in [1.165, 1.54) is 7.11 Å². The Morgan fingerprint density at radius 3 is 1.71 bits per heavy atom. The van der Waals surface area contributed by atoms with E-state index < -0.39 is 46.4 Å². The molecule has 1 aliphatic heterocycles. The van der Waals surface area contributed by atoms with Crippen LogP contribution in [0.15, 0.2) is 115 Å². The number of halogens is 3. The summed E-state index contributed by atoms with van der Waals surface area (Å²) in [7, 11) is 1.53.